The van der Waals surface area contributed by atoms with E-state index < -0.39 is 5.97 Å². The molecule has 0 saturated carbocycles. The summed E-state index contributed by atoms with van der Waals surface area (Å²) in [5.74, 6) is -0.897. The Bertz CT molecular complexity index is 486. The third-order valence-corrected chi connectivity index (χ3v) is 2.33. The van der Waals surface area contributed by atoms with Crippen LogP contribution in [0.4, 0.5) is 0 Å². The first kappa shape index (κ1) is 9.52. The van der Waals surface area contributed by atoms with Gasteiger partial charge in [-0.25, -0.2) is 4.79 Å². The first-order valence-electron chi connectivity index (χ1n) is 4.67. The van der Waals surface area contributed by atoms with Crippen molar-refractivity contribution in [3.8, 4) is 11.3 Å². The molecule has 0 radical (unpaired) electrons. The molecule has 3 nitrogen and oxygen atoms in total. The predicted octanol–water partition coefficient (Wildman–Crippen LogP) is 2.69. The summed E-state index contributed by atoms with van der Waals surface area (Å²) in [6, 6.07) is 11.3. The number of nitrogens with one attached hydrogen (secondary N) is 1. The lowest BCUT2D eigenvalue weighted by molar-refractivity contribution is 0.0696. The molecule has 1 heterocycles. The van der Waals surface area contributed by atoms with Crippen LogP contribution in [-0.2, 0) is 0 Å². The predicted molar refractivity (Wildman–Crippen MR) is 57.9 cm³/mol. The smallest absolute Gasteiger partial charge is 0.337 e. The lowest BCUT2D eigenvalue weighted by Crippen LogP contribution is -1.95. The van der Waals surface area contributed by atoms with Crippen LogP contribution >= 0.6 is 0 Å². The molecular formula is C12H11NO2. The molecule has 2 rings (SSSR count). The van der Waals surface area contributed by atoms with E-state index in [-0.39, 0.29) is 0 Å². The van der Waals surface area contributed by atoms with Crippen molar-refractivity contribution in [3.05, 3.63) is 47.7 Å². The van der Waals surface area contributed by atoms with Crippen molar-refractivity contribution >= 4 is 5.97 Å². The molecule has 0 bridgehead atoms. The number of aryl methyl sites for hydroxylation is 1. The van der Waals surface area contributed by atoms with E-state index in [1.165, 1.54) is 0 Å². The summed E-state index contributed by atoms with van der Waals surface area (Å²) in [5, 5.41) is 8.91. The Morgan fingerprint density at radius 1 is 1.27 bits per heavy atom. The van der Waals surface area contributed by atoms with Crippen LogP contribution in [0.15, 0.2) is 36.4 Å². The summed E-state index contributed by atoms with van der Waals surface area (Å²) >= 11 is 0. The number of carboxylic acids is 1. The number of H-pyrrole nitrogens is 1. The monoisotopic (exact) mass is 201 g/mol. The average molecular weight is 201 g/mol. The minimum atomic E-state index is -0.897. The van der Waals surface area contributed by atoms with Gasteiger partial charge < -0.3 is 10.1 Å². The van der Waals surface area contributed by atoms with Crippen LogP contribution in [0, 0.1) is 6.92 Å². The van der Waals surface area contributed by atoms with Gasteiger partial charge in [-0.2, -0.15) is 0 Å². The SMILES string of the molecule is Cc1[nH]c(-c2ccccc2)cc1C(=O)O. The number of carboxylic acid groups (broad SMARTS) is 1. The zero-order valence-corrected chi connectivity index (χ0v) is 8.32. The van der Waals surface area contributed by atoms with E-state index in [0.29, 0.717) is 11.3 Å². The third kappa shape index (κ3) is 1.76. The maximum Gasteiger partial charge on any atom is 0.337 e. The summed E-state index contributed by atoms with van der Waals surface area (Å²) < 4.78 is 0. The Balaban J connectivity index is 2.48. The molecule has 0 unspecified atom stereocenters. The van der Waals surface area contributed by atoms with Crippen LogP contribution in [0.3, 0.4) is 0 Å². The molecule has 0 saturated heterocycles. The highest BCUT2D eigenvalue weighted by atomic mass is 16.4. The molecule has 76 valence electrons. The van der Waals surface area contributed by atoms with E-state index in [1.807, 2.05) is 30.3 Å². The normalized spacial score (nSPS) is 10.2. The van der Waals surface area contributed by atoms with Gasteiger partial charge in [-0.15, -0.1) is 0 Å². The van der Waals surface area contributed by atoms with E-state index in [0.717, 1.165) is 11.3 Å². The summed E-state index contributed by atoms with van der Waals surface area (Å²) in [6.45, 7) is 1.76. The lowest BCUT2D eigenvalue weighted by atomic mass is 10.1. The first-order chi connectivity index (χ1) is 7.18. The van der Waals surface area contributed by atoms with Gasteiger partial charge in [-0.05, 0) is 18.6 Å². The van der Waals surface area contributed by atoms with Crippen LogP contribution in [-0.4, -0.2) is 16.1 Å². The molecule has 0 aliphatic rings. The van der Waals surface area contributed by atoms with Crippen molar-refractivity contribution in [3.63, 3.8) is 0 Å². The zero-order chi connectivity index (χ0) is 10.8. The Kier molecular flexibility index (Phi) is 2.29. The molecule has 2 aromatic rings. The van der Waals surface area contributed by atoms with E-state index in [4.69, 9.17) is 5.11 Å². The molecule has 0 amide bonds. The van der Waals surface area contributed by atoms with Crippen LogP contribution in [0.1, 0.15) is 16.1 Å². The largest absolute Gasteiger partial charge is 0.478 e. The van der Waals surface area contributed by atoms with Gasteiger partial charge in [0.25, 0.3) is 0 Å². The molecule has 0 aliphatic heterocycles. The Morgan fingerprint density at radius 3 is 2.47 bits per heavy atom. The van der Waals surface area contributed by atoms with E-state index in [9.17, 15) is 4.79 Å². The number of benzene rings is 1. The molecule has 0 fully saturated rings. The molecule has 2 N–H and O–H groups in total. The van der Waals surface area contributed by atoms with Gasteiger partial charge in [0.15, 0.2) is 0 Å². The first-order valence-corrected chi connectivity index (χ1v) is 4.67. The molecule has 0 aliphatic carbocycles. The second-order valence-electron chi connectivity index (χ2n) is 3.39. The summed E-state index contributed by atoms with van der Waals surface area (Å²) in [5.41, 5.74) is 2.84. The summed E-state index contributed by atoms with van der Waals surface area (Å²) in [6.07, 6.45) is 0. The lowest BCUT2D eigenvalue weighted by Gasteiger charge is -1.95. The molecule has 15 heavy (non-hydrogen) atoms. The standard InChI is InChI=1S/C12H11NO2/c1-8-10(12(14)15)7-11(13-8)9-5-3-2-4-6-9/h2-7,13H,1H3,(H,14,15). The second kappa shape index (κ2) is 3.61. The highest BCUT2D eigenvalue weighted by Gasteiger charge is 2.11. The fraction of sp³-hybridized carbons (Fsp3) is 0.0833. The van der Waals surface area contributed by atoms with Gasteiger partial charge >= 0.3 is 5.97 Å². The minimum Gasteiger partial charge on any atom is -0.478 e. The molecular weight excluding hydrogens is 190 g/mol. The van der Waals surface area contributed by atoms with Crippen molar-refractivity contribution in [2.24, 2.45) is 0 Å². The number of hydrogen-bond acceptors (Lipinski definition) is 1. The third-order valence-electron chi connectivity index (χ3n) is 2.33. The van der Waals surface area contributed by atoms with E-state index in [2.05, 4.69) is 4.98 Å². The second-order valence-corrected chi connectivity index (χ2v) is 3.39. The zero-order valence-electron chi connectivity index (χ0n) is 8.32. The van der Waals surface area contributed by atoms with Crippen LogP contribution in [0.25, 0.3) is 11.3 Å². The van der Waals surface area contributed by atoms with Crippen LogP contribution in [0.2, 0.25) is 0 Å². The number of aromatic amines is 1. The number of carbonyl (C=O) groups is 1. The van der Waals surface area contributed by atoms with E-state index >= 15 is 0 Å². The van der Waals surface area contributed by atoms with Crippen molar-refractivity contribution in [1.82, 2.24) is 4.98 Å². The van der Waals surface area contributed by atoms with Crippen molar-refractivity contribution in [1.29, 1.82) is 0 Å². The Hall–Kier alpha value is -2.03. The number of hydrogen-bond donors (Lipinski definition) is 2. The Morgan fingerprint density at radius 2 is 1.93 bits per heavy atom. The highest BCUT2D eigenvalue weighted by molar-refractivity contribution is 5.90. The quantitative estimate of drug-likeness (QED) is 0.784. The summed E-state index contributed by atoms with van der Waals surface area (Å²) in [4.78, 5) is 13.9. The number of rotatable bonds is 2. The van der Waals surface area contributed by atoms with Crippen molar-refractivity contribution < 1.29 is 9.90 Å². The molecule has 1 aromatic heterocycles. The van der Waals surface area contributed by atoms with Gasteiger partial charge in [-0.3, -0.25) is 0 Å². The van der Waals surface area contributed by atoms with Gasteiger partial charge in [0, 0.05) is 11.4 Å². The van der Waals surface area contributed by atoms with Crippen molar-refractivity contribution in [2.45, 2.75) is 6.92 Å². The van der Waals surface area contributed by atoms with Crippen LogP contribution in [0.5, 0.6) is 0 Å². The number of aromatic nitrogens is 1. The van der Waals surface area contributed by atoms with Crippen molar-refractivity contribution in [2.75, 3.05) is 0 Å². The Labute approximate surface area is 87.4 Å². The summed E-state index contributed by atoms with van der Waals surface area (Å²) in [7, 11) is 0. The van der Waals surface area contributed by atoms with Gasteiger partial charge in [0.2, 0.25) is 0 Å². The van der Waals surface area contributed by atoms with E-state index in [1.54, 1.807) is 13.0 Å². The molecule has 0 atom stereocenters. The molecule has 1 aromatic carbocycles. The van der Waals surface area contributed by atoms with Crippen LogP contribution < -0.4 is 0 Å². The number of aromatic carboxylic acids is 1. The van der Waals surface area contributed by atoms with Gasteiger partial charge in [0.1, 0.15) is 0 Å². The topological polar surface area (TPSA) is 53.1 Å². The maximum absolute atomic E-state index is 10.8. The average Bonchev–Trinajstić information content (AvgIpc) is 2.62. The highest BCUT2D eigenvalue weighted by Crippen LogP contribution is 2.21. The maximum atomic E-state index is 10.8. The fourth-order valence-corrected chi connectivity index (χ4v) is 1.55. The van der Waals surface area contributed by atoms with Gasteiger partial charge in [0.05, 0.1) is 5.56 Å². The molecule has 0 spiro atoms. The van der Waals surface area contributed by atoms with Gasteiger partial charge in [-0.1, -0.05) is 30.3 Å². The molecule has 3 heteroatoms. The fourth-order valence-electron chi connectivity index (χ4n) is 1.55. The minimum absolute atomic E-state index is 0.328.